The highest BCUT2D eigenvalue weighted by Crippen LogP contribution is 2.13. The molecule has 0 unspecified atom stereocenters. The first-order chi connectivity index (χ1) is 9.67. The van der Waals surface area contributed by atoms with Crippen molar-refractivity contribution in [3.63, 3.8) is 0 Å². The fourth-order valence-electron chi connectivity index (χ4n) is 1.39. The highest BCUT2D eigenvalue weighted by atomic mass is 32.2. The summed E-state index contributed by atoms with van der Waals surface area (Å²) in [5.74, 6) is 6.02. The van der Waals surface area contributed by atoms with Crippen LogP contribution in [0.3, 0.4) is 0 Å². The van der Waals surface area contributed by atoms with Gasteiger partial charge in [-0.25, -0.2) is 5.84 Å². The van der Waals surface area contributed by atoms with Crippen LogP contribution in [0.1, 0.15) is 17.3 Å². The van der Waals surface area contributed by atoms with Crippen LogP contribution in [-0.4, -0.2) is 36.6 Å². The molecule has 0 aliphatic rings. The molecule has 3 N–H and O–H groups in total. The van der Waals surface area contributed by atoms with E-state index in [0.717, 1.165) is 0 Å². The van der Waals surface area contributed by atoms with Crippen LogP contribution in [0.5, 0.6) is 5.75 Å². The summed E-state index contributed by atoms with van der Waals surface area (Å²) in [5.41, 5.74) is 2.49. The predicted octanol–water partition coefficient (Wildman–Crippen LogP) is 0.965. The zero-order valence-corrected chi connectivity index (χ0v) is 12.1. The summed E-state index contributed by atoms with van der Waals surface area (Å²) in [6.07, 6.45) is 0. The minimum atomic E-state index is -0.368. The first kappa shape index (κ1) is 16.3. The lowest BCUT2D eigenvalue weighted by atomic mass is 10.2. The number of rotatable bonds is 8. The maximum absolute atomic E-state index is 11.3. The van der Waals surface area contributed by atoms with E-state index < -0.39 is 0 Å². The van der Waals surface area contributed by atoms with Crippen molar-refractivity contribution >= 4 is 23.6 Å². The van der Waals surface area contributed by atoms with Gasteiger partial charge in [0.2, 0.25) is 0 Å². The number of hydrazine groups is 1. The van der Waals surface area contributed by atoms with Crippen molar-refractivity contribution in [1.29, 1.82) is 0 Å². The molecule has 0 heterocycles. The average Bonchev–Trinajstić information content (AvgIpc) is 2.46. The van der Waals surface area contributed by atoms with Crippen molar-refractivity contribution in [2.24, 2.45) is 5.84 Å². The third-order valence-corrected chi connectivity index (χ3v) is 3.14. The van der Waals surface area contributed by atoms with Gasteiger partial charge in [-0.3, -0.25) is 15.0 Å². The largest absolute Gasteiger partial charge is 0.493 e. The predicted molar refractivity (Wildman–Crippen MR) is 77.5 cm³/mol. The van der Waals surface area contributed by atoms with Crippen molar-refractivity contribution in [3.05, 3.63) is 29.8 Å². The number of carbonyl (C=O) groups excluding carboxylic acids is 2. The Bertz CT molecular complexity index is 454. The van der Waals surface area contributed by atoms with E-state index in [2.05, 4.69) is 5.43 Å². The van der Waals surface area contributed by atoms with Crippen LogP contribution < -0.4 is 16.0 Å². The maximum atomic E-state index is 11.3. The van der Waals surface area contributed by atoms with Gasteiger partial charge in [0, 0.05) is 11.3 Å². The molecule has 1 aromatic carbocycles. The standard InChI is InChI=1S/C13H18N2O4S/c1-2-18-12(16)9-20-7-6-19-11-5-3-4-10(8-11)13(17)15-14/h3-5,8H,2,6-7,9,14H2,1H3,(H,15,17). The van der Waals surface area contributed by atoms with Gasteiger partial charge in [-0.1, -0.05) is 6.07 Å². The third-order valence-electron chi connectivity index (χ3n) is 2.25. The molecule has 1 rings (SSSR count). The van der Waals surface area contributed by atoms with E-state index in [1.54, 1.807) is 31.2 Å². The van der Waals surface area contributed by atoms with Crippen molar-refractivity contribution in [2.45, 2.75) is 6.92 Å². The van der Waals surface area contributed by atoms with Gasteiger partial charge in [0.25, 0.3) is 5.91 Å². The van der Waals surface area contributed by atoms with Gasteiger partial charge >= 0.3 is 5.97 Å². The number of benzene rings is 1. The Morgan fingerprint density at radius 3 is 2.90 bits per heavy atom. The normalized spacial score (nSPS) is 9.90. The molecule has 20 heavy (non-hydrogen) atoms. The second-order valence-electron chi connectivity index (χ2n) is 3.71. The van der Waals surface area contributed by atoms with Gasteiger partial charge in [-0.2, -0.15) is 0 Å². The monoisotopic (exact) mass is 298 g/mol. The van der Waals surface area contributed by atoms with E-state index in [4.69, 9.17) is 15.3 Å². The molecule has 1 aromatic rings. The molecule has 0 fully saturated rings. The minimum absolute atomic E-state index is 0.223. The van der Waals surface area contributed by atoms with E-state index >= 15 is 0 Å². The van der Waals surface area contributed by atoms with Crippen LogP contribution in [0.4, 0.5) is 0 Å². The number of nitrogens with two attached hydrogens (primary N) is 1. The van der Waals surface area contributed by atoms with Crippen LogP contribution in [-0.2, 0) is 9.53 Å². The molecule has 0 aromatic heterocycles. The molecule has 0 saturated carbocycles. The Morgan fingerprint density at radius 2 is 2.20 bits per heavy atom. The van der Waals surface area contributed by atoms with Crippen molar-refractivity contribution < 1.29 is 19.1 Å². The number of hydrogen-bond donors (Lipinski definition) is 2. The molecule has 0 saturated heterocycles. The first-order valence-corrected chi connectivity index (χ1v) is 7.30. The summed E-state index contributed by atoms with van der Waals surface area (Å²) >= 11 is 1.44. The molecule has 0 atom stereocenters. The maximum Gasteiger partial charge on any atom is 0.315 e. The van der Waals surface area contributed by atoms with Gasteiger partial charge in [0.15, 0.2) is 0 Å². The van der Waals surface area contributed by atoms with Crippen LogP contribution in [0, 0.1) is 0 Å². The number of nitrogens with one attached hydrogen (secondary N) is 1. The average molecular weight is 298 g/mol. The van der Waals surface area contributed by atoms with Crippen LogP contribution >= 0.6 is 11.8 Å². The number of nitrogen functional groups attached to an aromatic ring is 1. The lowest BCUT2D eigenvalue weighted by Gasteiger charge is -2.07. The Hall–Kier alpha value is -1.73. The summed E-state index contributed by atoms with van der Waals surface area (Å²) in [6.45, 7) is 2.61. The minimum Gasteiger partial charge on any atom is -0.493 e. The lowest BCUT2D eigenvalue weighted by Crippen LogP contribution is -2.29. The second-order valence-corrected chi connectivity index (χ2v) is 4.81. The van der Waals surface area contributed by atoms with Gasteiger partial charge in [-0.15, -0.1) is 11.8 Å². The zero-order chi connectivity index (χ0) is 14.8. The number of hydrogen-bond acceptors (Lipinski definition) is 6. The molecule has 0 bridgehead atoms. The van der Waals surface area contributed by atoms with E-state index in [0.29, 0.717) is 36.0 Å². The molecule has 1 amide bonds. The molecular formula is C13H18N2O4S. The van der Waals surface area contributed by atoms with Gasteiger partial charge in [0.1, 0.15) is 5.75 Å². The fourth-order valence-corrected chi connectivity index (χ4v) is 1.98. The lowest BCUT2D eigenvalue weighted by molar-refractivity contribution is -0.139. The summed E-state index contributed by atoms with van der Waals surface area (Å²) < 4.78 is 10.3. The molecule has 0 spiro atoms. The molecule has 110 valence electrons. The topological polar surface area (TPSA) is 90.6 Å². The summed E-state index contributed by atoms with van der Waals surface area (Å²) in [6, 6.07) is 6.72. The number of ether oxygens (including phenoxy) is 2. The smallest absolute Gasteiger partial charge is 0.315 e. The van der Waals surface area contributed by atoms with Crippen LogP contribution in [0.2, 0.25) is 0 Å². The highest BCUT2D eigenvalue weighted by molar-refractivity contribution is 7.99. The fraction of sp³-hybridized carbons (Fsp3) is 0.385. The van der Waals surface area contributed by atoms with Crippen LogP contribution in [0.15, 0.2) is 24.3 Å². The third kappa shape index (κ3) is 5.94. The summed E-state index contributed by atoms with van der Waals surface area (Å²) in [4.78, 5) is 22.4. The Labute approximate surface area is 122 Å². The van der Waals surface area contributed by atoms with Crippen molar-refractivity contribution in [1.82, 2.24) is 5.43 Å². The van der Waals surface area contributed by atoms with E-state index in [9.17, 15) is 9.59 Å². The molecule has 0 aliphatic carbocycles. The van der Waals surface area contributed by atoms with E-state index in [-0.39, 0.29) is 11.9 Å². The first-order valence-electron chi connectivity index (χ1n) is 6.14. The summed E-state index contributed by atoms with van der Waals surface area (Å²) in [7, 11) is 0. The summed E-state index contributed by atoms with van der Waals surface area (Å²) in [5, 5.41) is 0. The SMILES string of the molecule is CCOC(=O)CSCCOc1cccc(C(=O)NN)c1. The number of esters is 1. The molecule has 7 heteroatoms. The van der Waals surface area contributed by atoms with Crippen molar-refractivity contribution in [2.75, 3.05) is 24.7 Å². The molecule has 0 aliphatic heterocycles. The van der Waals surface area contributed by atoms with Gasteiger partial charge < -0.3 is 9.47 Å². The van der Waals surface area contributed by atoms with Crippen LogP contribution in [0.25, 0.3) is 0 Å². The van der Waals surface area contributed by atoms with E-state index in [1.165, 1.54) is 11.8 Å². The van der Waals surface area contributed by atoms with Crippen molar-refractivity contribution in [3.8, 4) is 5.75 Å². The number of amides is 1. The number of carbonyl (C=O) groups is 2. The highest BCUT2D eigenvalue weighted by Gasteiger charge is 2.05. The van der Waals surface area contributed by atoms with Gasteiger partial charge in [-0.05, 0) is 25.1 Å². The Kier molecular flexibility index (Phi) is 7.52. The Balaban J connectivity index is 2.28. The molecular weight excluding hydrogens is 280 g/mol. The number of thioether (sulfide) groups is 1. The molecule has 0 radical (unpaired) electrons. The van der Waals surface area contributed by atoms with E-state index in [1.807, 2.05) is 0 Å². The quantitative estimate of drug-likeness (QED) is 0.244. The molecule has 6 nitrogen and oxygen atoms in total. The zero-order valence-electron chi connectivity index (χ0n) is 11.3. The Morgan fingerprint density at radius 1 is 1.40 bits per heavy atom. The van der Waals surface area contributed by atoms with Gasteiger partial charge in [0.05, 0.1) is 19.0 Å². The second kappa shape index (κ2) is 9.22.